The van der Waals surface area contributed by atoms with E-state index in [9.17, 15) is 9.59 Å². The van der Waals surface area contributed by atoms with Gasteiger partial charge in [0.2, 0.25) is 0 Å². The Labute approximate surface area is 59.1 Å². The minimum atomic E-state index is -1.21. The van der Waals surface area contributed by atoms with E-state index < -0.39 is 10.8 Å². The van der Waals surface area contributed by atoms with Crippen LogP contribution in [0.3, 0.4) is 0 Å². The number of aromatic nitrogens is 1. The number of aromatic amines is 1. The summed E-state index contributed by atoms with van der Waals surface area (Å²) in [5, 5.41) is 8.35. The average molecular weight is 160 g/mol. The van der Waals surface area contributed by atoms with Gasteiger partial charge in [-0.25, -0.2) is 4.79 Å². The van der Waals surface area contributed by atoms with Crippen LogP contribution in [0, 0.1) is 0 Å². The van der Waals surface area contributed by atoms with Gasteiger partial charge in [0.05, 0.1) is 0 Å². The van der Waals surface area contributed by atoms with E-state index in [1.165, 1.54) is 0 Å². The Hall–Kier alpha value is -1.30. The van der Waals surface area contributed by atoms with Gasteiger partial charge < -0.3 is 15.8 Å². The van der Waals surface area contributed by atoms with E-state index in [2.05, 4.69) is 4.98 Å². The molecule has 5 nitrogen and oxygen atoms in total. The predicted molar refractivity (Wildman–Crippen MR) is 36.3 cm³/mol. The number of hydrogen-bond donors (Lipinski definition) is 3. The summed E-state index contributed by atoms with van der Waals surface area (Å²) in [6.45, 7) is 0. The fraction of sp³-hybridized carbons (Fsp3) is 0. The SMILES string of the molecule is Nc1sc(=O)[nH]c1C(=O)O. The van der Waals surface area contributed by atoms with E-state index >= 15 is 0 Å². The molecule has 0 aliphatic rings. The number of carbonyl (C=O) groups is 1. The van der Waals surface area contributed by atoms with E-state index in [1.54, 1.807) is 0 Å². The van der Waals surface area contributed by atoms with Crippen LogP contribution in [-0.4, -0.2) is 16.1 Å². The van der Waals surface area contributed by atoms with Gasteiger partial charge in [0.25, 0.3) is 0 Å². The first-order chi connectivity index (χ1) is 4.61. The topological polar surface area (TPSA) is 96.2 Å². The molecule has 1 aromatic heterocycles. The number of carboxylic acid groups (broad SMARTS) is 1. The standard InChI is InChI=1S/C4H4N2O3S/c5-2-1(3(7)8)6-4(9)10-2/h5H2,(H,6,9)(H,7,8). The highest BCUT2D eigenvalue weighted by Crippen LogP contribution is 2.09. The van der Waals surface area contributed by atoms with Crippen molar-refractivity contribution in [2.45, 2.75) is 0 Å². The number of carboxylic acids is 1. The average Bonchev–Trinajstić information content (AvgIpc) is 2.10. The van der Waals surface area contributed by atoms with Gasteiger partial charge in [-0.05, 0) is 0 Å². The van der Waals surface area contributed by atoms with Crippen LogP contribution in [-0.2, 0) is 0 Å². The van der Waals surface area contributed by atoms with Crippen molar-refractivity contribution >= 4 is 22.3 Å². The van der Waals surface area contributed by atoms with E-state index in [4.69, 9.17) is 10.8 Å². The summed E-state index contributed by atoms with van der Waals surface area (Å²) in [6, 6.07) is 0. The Morgan fingerprint density at radius 2 is 2.30 bits per heavy atom. The molecule has 0 saturated heterocycles. The zero-order chi connectivity index (χ0) is 7.72. The monoisotopic (exact) mass is 160 g/mol. The van der Waals surface area contributed by atoms with Crippen LogP contribution in [0.25, 0.3) is 0 Å². The molecule has 0 fully saturated rings. The van der Waals surface area contributed by atoms with Crippen LogP contribution >= 0.6 is 11.3 Å². The minimum Gasteiger partial charge on any atom is -0.476 e. The lowest BCUT2D eigenvalue weighted by atomic mass is 10.5. The highest BCUT2D eigenvalue weighted by atomic mass is 32.1. The molecule has 4 N–H and O–H groups in total. The number of rotatable bonds is 1. The summed E-state index contributed by atoms with van der Waals surface area (Å²) < 4.78 is 0. The number of anilines is 1. The zero-order valence-electron chi connectivity index (χ0n) is 4.75. The van der Waals surface area contributed by atoms with E-state index in [0.29, 0.717) is 11.3 Å². The van der Waals surface area contributed by atoms with Crippen LogP contribution in [0.2, 0.25) is 0 Å². The molecule has 0 unspecified atom stereocenters. The molecule has 10 heavy (non-hydrogen) atoms. The van der Waals surface area contributed by atoms with Gasteiger partial charge in [-0.2, -0.15) is 0 Å². The summed E-state index contributed by atoms with van der Waals surface area (Å²) in [7, 11) is 0. The molecular formula is C4H4N2O3S. The smallest absolute Gasteiger partial charge is 0.355 e. The molecule has 6 heteroatoms. The Morgan fingerprint density at radius 1 is 1.70 bits per heavy atom. The predicted octanol–water partition coefficient (Wildman–Crippen LogP) is -0.283. The Kier molecular flexibility index (Phi) is 1.46. The molecular weight excluding hydrogens is 156 g/mol. The molecule has 0 amide bonds. The van der Waals surface area contributed by atoms with Crippen LogP contribution in [0.15, 0.2) is 4.79 Å². The van der Waals surface area contributed by atoms with Gasteiger partial charge in [0, 0.05) is 0 Å². The molecule has 0 aromatic carbocycles. The van der Waals surface area contributed by atoms with Crippen molar-refractivity contribution in [3.05, 3.63) is 15.4 Å². The van der Waals surface area contributed by atoms with Gasteiger partial charge in [-0.3, -0.25) is 4.79 Å². The molecule has 0 atom stereocenters. The van der Waals surface area contributed by atoms with Gasteiger partial charge in [0.15, 0.2) is 5.69 Å². The third-order valence-electron chi connectivity index (χ3n) is 0.890. The largest absolute Gasteiger partial charge is 0.476 e. The lowest BCUT2D eigenvalue weighted by Crippen LogP contribution is -2.03. The highest BCUT2D eigenvalue weighted by molar-refractivity contribution is 7.13. The normalized spacial score (nSPS) is 9.60. The van der Waals surface area contributed by atoms with Crippen LogP contribution in [0.1, 0.15) is 10.5 Å². The second-order valence-electron chi connectivity index (χ2n) is 1.56. The fourth-order valence-corrected chi connectivity index (χ4v) is 1.09. The van der Waals surface area contributed by atoms with Crippen LogP contribution in [0.4, 0.5) is 5.00 Å². The first-order valence-corrected chi connectivity index (χ1v) is 3.15. The minimum absolute atomic E-state index is 0.0116. The summed E-state index contributed by atoms with van der Waals surface area (Å²) in [5.41, 5.74) is 4.92. The molecule has 0 spiro atoms. The van der Waals surface area contributed by atoms with Gasteiger partial charge in [-0.15, -0.1) is 0 Å². The quantitative estimate of drug-likeness (QED) is 0.526. The Balaban J connectivity index is 3.28. The Morgan fingerprint density at radius 3 is 2.50 bits per heavy atom. The number of aromatic carboxylic acids is 1. The first-order valence-electron chi connectivity index (χ1n) is 2.33. The maximum Gasteiger partial charge on any atom is 0.355 e. The number of nitrogens with two attached hydrogens (primary N) is 1. The van der Waals surface area contributed by atoms with Crippen LogP contribution < -0.4 is 10.6 Å². The lowest BCUT2D eigenvalue weighted by Gasteiger charge is -1.85. The summed E-state index contributed by atoms with van der Waals surface area (Å²) >= 11 is 0.683. The van der Waals surface area contributed by atoms with Crippen molar-refractivity contribution < 1.29 is 9.90 Å². The summed E-state index contributed by atoms with van der Waals surface area (Å²) in [6.07, 6.45) is 0. The lowest BCUT2D eigenvalue weighted by molar-refractivity contribution is 0.0692. The van der Waals surface area contributed by atoms with Crippen molar-refractivity contribution in [3.63, 3.8) is 0 Å². The number of thiazole rings is 1. The molecule has 0 aliphatic heterocycles. The Bertz CT molecular complexity index is 313. The summed E-state index contributed by atoms with van der Waals surface area (Å²) in [5.74, 6) is -1.21. The van der Waals surface area contributed by atoms with Crippen molar-refractivity contribution in [2.75, 3.05) is 5.73 Å². The van der Waals surface area contributed by atoms with E-state index in [0.717, 1.165) is 0 Å². The summed E-state index contributed by atoms with van der Waals surface area (Å²) in [4.78, 5) is 22.3. The van der Waals surface area contributed by atoms with Crippen molar-refractivity contribution in [2.24, 2.45) is 0 Å². The third kappa shape index (κ3) is 1.01. The molecule has 0 bridgehead atoms. The van der Waals surface area contributed by atoms with Gasteiger partial charge >= 0.3 is 10.8 Å². The molecule has 1 rings (SSSR count). The second-order valence-corrected chi connectivity index (χ2v) is 2.57. The zero-order valence-corrected chi connectivity index (χ0v) is 5.57. The second kappa shape index (κ2) is 2.14. The number of hydrogen-bond acceptors (Lipinski definition) is 4. The molecule has 0 saturated carbocycles. The molecule has 54 valence electrons. The van der Waals surface area contributed by atoms with Crippen molar-refractivity contribution in [1.29, 1.82) is 0 Å². The molecule has 1 heterocycles. The van der Waals surface area contributed by atoms with Crippen molar-refractivity contribution in [3.8, 4) is 0 Å². The number of H-pyrrole nitrogens is 1. The van der Waals surface area contributed by atoms with E-state index in [1.807, 2.05) is 0 Å². The van der Waals surface area contributed by atoms with E-state index in [-0.39, 0.29) is 10.7 Å². The third-order valence-corrected chi connectivity index (χ3v) is 1.60. The molecule has 1 aromatic rings. The van der Waals surface area contributed by atoms with Crippen molar-refractivity contribution in [1.82, 2.24) is 4.98 Å². The van der Waals surface area contributed by atoms with Gasteiger partial charge in [-0.1, -0.05) is 11.3 Å². The molecule has 0 radical (unpaired) electrons. The number of nitrogens with one attached hydrogen (secondary N) is 1. The highest BCUT2D eigenvalue weighted by Gasteiger charge is 2.10. The number of nitrogen functional groups attached to an aromatic ring is 1. The van der Waals surface area contributed by atoms with Crippen LogP contribution in [0.5, 0.6) is 0 Å². The maximum absolute atomic E-state index is 10.4. The first kappa shape index (κ1) is 6.81. The van der Waals surface area contributed by atoms with Gasteiger partial charge in [0.1, 0.15) is 5.00 Å². The maximum atomic E-state index is 10.4. The molecule has 0 aliphatic carbocycles. The fourth-order valence-electron chi connectivity index (χ4n) is 0.499.